The van der Waals surface area contributed by atoms with E-state index >= 15 is 0 Å². The van der Waals surface area contributed by atoms with Crippen molar-refractivity contribution in [2.24, 2.45) is 4.99 Å². The zero-order valence-electron chi connectivity index (χ0n) is 7.83. The van der Waals surface area contributed by atoms with E-state index in [9.17, 15) is 4.79 Å². The van der Waals surface area contributed by atoms with Crippen LogP contribution in [0.3, 0.4) is 0 Å². The molecule has 0 aromatic rings. The van der Waals surface area contributed by atoms with Crippen molar-refractivity contribution >= 4 is 11.8 Å². The lowest BCUT2D eigenvalue weighted by Crippen LogP contribution is -2.47. The summed E-state index contributed by atoms with van der Waals surface area (Å²) in [4.78, 5) is 14.8. The van der Waals surface area contributed by atoms with Gasteiger partial charge in [0.05, 0.1) is 13.6 Å². The minimum Gasteiger partial charge on any atom is -0.415 e. The summed E-state index contributed by atoms with van der Waals surface area (Å²) < 4.78 is 5.59. The summed E-state index contributed by atoms with van der Waals surface area (Å²) in [5, 5.41) is 0. The molecule has 0 amide bonds. The number of quaternary nitrogens is 1. The van der Waals surface area contributed by atoms with Crippen molar-refractivity contribution in [1.82, 2.24) is 0 Å². The van der Waals surface area contributed by atoms with Crippen LogP contribution in [0.25, 0.3) is 0 Å². The van der Waals surface area contributed by atoms with E-state index in [1.807, 2.05) is 14.0 Å². The average Bonchev–Trinajstić information content (AvgIpc) is 2.30. The maximum Gasteiger partial charge on any atom is 0.306 e. The molecule has 12 heavy (non-hydrogen) atoms. The maximum absolute atomic E-state index is 10.6. The van der Waals surface area contributed by atoms with Gasteiger partial charge in [0.1, 0.15) is 6.54 Å². The van der Waals surface area contributed by atoms with Gasteiger partial charge in [0.2, 0.25) is 6.73 Å². The first-order valence-electron chi connectivity index (χ1n) is 4.04. The van der Waals surface area contributed by atoms with E-state index in [2.05, 4.69) is 4.99 Å². The van der Waals surface area contributed by atoms with Crippen molar-refractivity contribution in [2.75, 3.05) is 26.9 Å². The van der Waals surface area contributed by atoms with Crippen LogP contribution in [0.4, 0.5) is 0 Å². The quantitative estimate of drug-likeness (QED) is 0.445. The minimum absolute atomic E-state index is 0.228. The lowest BCUT2D eigenvalue weighted by Gasteiger charge is -2.27. The summed E-state index contributed by atoms with van der Waals surface area (Å²) in [6.07, 6.45) is 0. The molecular weight excluding hydrogens is 156 g/mol. The number of nitrogens with zero attached hydrogens (tertiary/aromatic N) is 2. The number of likely N-dealkylation sites (N-methyl/N-ethyl adjacent to an activating group) is 1. The molecule has 0 spiro atoms. The molecule has 1 atom stereocenters. The van der Waals surface area contributed by atoms with Gasteiger partial charge in [-0.1, -0.05) is 0 Å². The average molecular weight is 171 g/mol. The molecule has 0 N–H and O–H groups in total. The van der Waals surface area contributed by atoms with E-state index in [1.54, 1.807) is 0 Å². The molecule has 0 bridgehead atoms. The molecule has 4 heteroatoms. The highest BCUT2D eigenvalue weighted by Crippen LogP contribution is 2.11. The fourth-order valence-corrected chi connectivity index (χ4v) is 1.16. The van der Waals surface area contributed by atoms with Crippen LogP contribution >= 0.6 is 0 Å². The molecule has 0 aromatic heterocycles. The molecule has 0 saturated carbocycles. The number of ether oxygens (including phenoxy) is 1. The first-order chi connectivity index (χ1) is 5.54. The highest BCUT2D eigenvalue weighted by molar-refractivity contribution is 5.74. The Bertz CT molecular complexity index is 225. The van der Waals surface area contributed by atoms with Crippen LogP contribution in [0.5, 0.6) is 0 Å². The first-order valence-corrected chi connectivity index (χ1v) is 4.04. The van der Waals surface area contributed by atoms with Gasteiger partial charge >= 0.3 is 5.97 Å². The van der Waals surface area contributed by atoms with E-state index in [1.165, 1.54) is 6.92 Å². The van der Waals surface area contributed by atoms with Crippen molar-refractivity contribution in [1.29, 1.82) is 0 Å². The van der Waals surface area contributed by atoms with Crippen molar-refractivity contribution < 1.29 is 14.0 Å². The molecule has 0 fully saturated rings. The van der Waals surface area contributed by atoms with Gasteiger partial charge < -0.3 is 4.74 Å². The molecule has 1 heterocycles. The Morgan fingerprint density at radius 3 is 2.83 bits per heavy atom. The highest BCUT2D eigenvalue weighted by Gasteiger charge is 2.31. The summed E-state index contributed by atoms with van der Waals surface area (Å²) in [6.45, 7) is 5.57. The van der Waals surface area contributed by atoms with Crippen LogP contribution < -0.4 is 0 Å². The molecule has 1 aliphatic heterocycles. The summed E-state index contributed by atoms with van der Waals surface area (Å²) in [7, 11) is 2.02. The van der Waals surface area contributed by atoms with Gasteiger partial charge in [-0.3, -0.25) is 4.79 Å². The van der Waals surface area contributed by atoms with Crippen molar-refractivity contribution in [3.63, 3.8) is 0 Å². The Hall–Kier alpha value is -0.900. The van der Waals surface area contributed by atoms with Crippen LogP contribution in [0.1, 0.15) is 13.8 Å². The van der Waals surface area contributed by atoms with Crippen LogP contribution in [-0.4, -0.2) is 43.2 Å². The number of hydrogen-bond acceptors (Lipinski definition) is 3. The predicted octanol–water partition coefficient (Wildman–Crippen LogP) is 0.386. The Labute approximate surface area is 72.4 Å². The lowest BCUT2D eigenvalue weighted by atomic mass is 10.4. The topological polar surface area (TPSA) is 38.7 Å². The zero-order chi connectivity index (χ0) is 9.19. The van der Waals surface area contributed by atoms with Gasteiger partial charge in [-0.2, -0.15) is 0 Å². The molecular formula is C8H15N2O2+. The van der Waals surface area contributed by atoms with Gasteiger partial charge in [0.15, 0.2) is 5.84 Å². The van der Waals surface area contributed by atoms with Gasteiger partial charge in [0, 0.05) is 13.8 Å². The van der Waals surface area contributed by atoms with Gasteiger partial charge in [-0.15, -0.1) is 0 Å². The predicted molar refractivity (Wildman–Crippen MR) is 45.7 cm³/mol. The molecule has 0 saturated heterocycles. The summed E-state index contributed by atoms with van der Waals surface area (Å²) in [5.41, 5.74) is 0. The fraction of sp³-hybridized carbons (Fsp3) is 0.750. The fourth-order valence-electron chi connectivity index (χ4n) is 1.16. The number of carbonyl (C=O) groups excluding carboxylic acids is 1. The first kappa shape index (κ1) is 9.19. The third kappa shape index (κ3) is 1.82. The van der Waals surface area contributed by atoms with Gasteiger partial charge in [-0.25, -0.2) is 9.48 Å². The highest BCUT2D eigenvalue weighted by atomic mass is 16.5. The van der Waals surface area contributed by atoms with E-state index in [-0.39, 0.29) is 5.97 Å². The minimum atomic E-state index is -0.228. The number of rotatable bonds is 2. The number of hydrogen-bond donors (Lipinski definition) is 0. The van der Waals surface area contributed by atoms with Crippen molar-refractivity contribution in [3.8, 4) is 0 Å². The Morgan fingerprint density at radius 1 is 1.75 bits per heavy atom. The second-order valence-corrected chi connectivity index (χ2v) is 3.31. The SMILES string of the molecule is CC(=O)OC[N+]1(C)CCN=C1C. The number of aliphatic imine (C=N–C) groups is 1. The number of carbonyl (C=O) groups is 1. The van der Waals surface area contributed by atoms with E-state index < -0.39 is 0 Å². The van der Waals surface area contributed by atoms with Crippen LogP contribution in [-0.2, 0) is 9.53 Å². The molecule has 0 radical (unpaired) electrons. The van der Waals surface area contributed by atoms with Crippen LogP contribution in [0, 0.1) is 0 Å². The molecule has 1 unspecified atom stereocenters. The third-order valence-electron chi connectivity index (χ3n) is 2.27. The molecule has 0 aromatic carbocycles. The zero-order valence-corrected chi connectivity index (χ0v) is 7.83. The van der Waals surface area contributed by atoms with Gasteiger partial charge in [-0.05, 0) is 0 Å². The van der Waals surface area contributed by atoms with Crippen molar-refractivity contribution in [3.05, 3.63) is 0 Å². The number of esters is 1. The van der Waals surface area contributed by atoms with Gasteiger partial charge in [0.25, 0.3) is 0 Å². The van der Waals surface area contributed by atoms with Crippen LogP contribution in [0.15, 0.2) is 4.99 Å². The summed E-state index contributed by atoms with van der Waals surface area (Å²) >= 11 is 0. The van der Waals surface area contributed by atoms with Crippen molar-refractivity contribution in [2.45, 2.75) is 13.8 Å². The van der Waals surface area contributed by atoms with E-state index in [4.69, 9.17) is 4.74 Å². The largest absolute Gasteiger partial charge is 0.415 e. The third-order valence-corrected chi connectivity index (χ3v) is 2.27. The Morgan fingerprint density at radius 2 is 2.42 bits per heavy atom. The molecule has 68 valence electrons. The molecule has 1 aliphatic rings. The maximum atomic E-state index is 10.6. The molecule has 1 rings (SSSR count). The normalized spacial score (nSPS) is 28.4. The number of amidine groups is 1. The second kappa shape index (κ2) is 3.23. The second-order valence-electron chi connectivity index (χ2n) is 3.31. The monoisotopic (exact) mass is 171 g/mol. The Kier molecular flexibility index (Phi) is 2.47. The smallest absolute Gasteiger partial charge is 0.306 e. The Balaban J connectivity index is 2.50. The molecule has 0 aliphatic carbocycles. The lowest BCUT2D eigenvalue weighted by molar-refractivity contribution is -0.834. The summed E-state index contributed by atoms with van der Waals surface area (Å²) in [6, 6.07) is 0. The standard InChI is InChI=1S/C8H15N2O2/c1-7-9-4-5-10(7,3)6-12-8(2)11/h4-6H2,1-3H3/q+1. The van der Waals surface area contributed by atoms with Crippen LogP contribution in [0.2, 0.25) is 0 Å². The van der Waals surface area contributed by atoms with E-state index in [0.29, 0.717) is 11.2 Å². The molecule has 4 nitrogen and oxygen atoms in total. The van der Waals surface area contributed by atoms with E-state index in [0.717, 1.165) is 18.9 Å². The summed E-state index contributed by atoms with van der Waals surface area (Å²) in [5.74, 6) is 0.810.